The summed E-state index contributed by atoms with van der Waals surface area (Å²) in [5.74, 6) is 0.475. The molecule has 2 saturated heterocycles. The third kappa shape index (κ3) is 5.29. The summed E-state index contributed by atoms with van der Waals surface area (Å²) in [6, 6.07) is 4.13. The quantitative estimate of drug-likeness (QED) is 0.396. The van der Waals surface area contributed by atoms with Gasteiger partial charge >= 0.3 is 6.61 Å². The Morgan fingerprint density at radius 1 is 1.24 bits per heavy atom. The molecule has 0 aliphatic carbocycles. The van der Waals surface area contributed by atoms with Crippen LogP contribution in [-0.2, 0) is 11.3 Å². The first-order valence-electron chi connectivity index (χ1n) is 12.0. The van der Waals surface area contributed by atoms with Crippen LogP contribution >= 0.6 is 11.6 Å². The van der Waals surface area contributed by atoms with Crippen molar-refractivity contribution in [2.45, 2.75) is 13.2 Å². The van der Waals surface area contributed by atoms with E-state index in [1.165, 1.54) is 35.3 Å². The molecule has 2 aliphatic heterocycles. The standard InChI is InChI=1S/C24H27ClF2N8O3/c1-28-22-17(6-29-31-22)23(37)30-18-11-35(12-20(36)34-9-13-7-33(2)8-14(13)10-34)32-21(18)16-5-15(25)3-4-19(16)38-24(26)27/h3-6,11,13-14,24H,7-10,12H2,1-2H3,(H,30,37)(H2,28,29,31)/t13-,14+. The average Bonchev–Trinajstić information content (AvgIpc) is 3.63. The number of carbonyl (C=O) groups excluding carboxylic acids is 2. The Kier molecular flexibility index (Phi) is 7.21. The van der Waals surface area contributed by atoms with E-state index in [0.717, 1.165) is 13.1 Å². The van der Waals surface area contributed by atoms with Gasteiger partial charge in [0.15, 0.2) is 0 Å². The lowest BCUT2D eigenvalue weighted by molar-refractivity contribution is -0.131. The summed E-state index contributed by atoms with van der Waals surface area (Å²) in [7, 11) is 3.71. The van der Waals surface area contributed by atoms with E-state index in [-0.39, 0.29) is 45.7 Å². The van der Waals surface area contributed by atoms with Gasteiger partial charge in [0.05, 0.1) is 11.9 Å². The van der Waals surface area contributed by atoms with Crippen LogP contribution in [0.25, 0.3) is 11.3 Å². The molecule has 0 bridgehead atoms. The van der Waals surface area contributed by atoms with Crippen molar-refractivity contribution in [1.82, 2.24) is 29.8 Å². The molecule has 2 atom stereocenters. The summed E-state index contributed by atoms with van der Waals surface area (Å²) >= 11 is 6.17. The fraction of sp³-hybridized carbons (Fsp3) is 0.417. The molecular formula is C24H27ClF2N8O3. The molecule has 2 fully saturated rings. The van der Waals surface area contributed by atoms with Gasteiger partial charge < -0.3 is 25.2 Å². The van der Waals surface area contributed by atoms with Gasteiger partial charge in [0, 0.05) is 50.0 Å². The Hall–Kier alpha value is -3.71. The number of ether oxygens (including phenoxy) is 1. The minimum absolute atomic E-state index is 0.0861. The molecule has 0 spiro atoms. The van der Waals surface area contributed by atoms with Gasteiger partial charge in [-0.05, 0) is 37.1 Å². The molecule has 1 aromatic carbocycles. The van der Waals surface area contributed by atoms with Crippen molar-refractivity contribution in [2.75, 3.05) is 50.9 Å². The van der Waals surface area contributed by atoms with Crippen LogP contribution in [0.5, 0.6) is 5.75 Å². The molecule has 4 heterocycles. The number of carbonyl (C=O) groups is 2. The summed E-state index contributed by atoms with van der Waals surface area (Å²) in [6.07, 6.45) is 2.84. The number of anilines is 2. The van der Waals surface area contributed by atoms with E-state index in [4.69, 9.17) is 11.6 Å². The molecule has 38 heavy (non-hydrogen) atoms. The fourth-order valence-corrected chi connectivity index (χ4v) is 5.36. The van der Waals surface area contributed by atoms with Crippen molar-refractivity contribution < 1.29 is 23.1 Å². The summed E-state index contributed by atoms with van der Waals surface area (Å²) in [5.41, 5.74) is 0.677. The predicted molar refractivity (Wildman–Crippen MR) is 136 cm³/mol. The highest BCUT2D eigenvalue weighted by atomic mass is 35.5. The molecule has 0 radical (unpaired) electrons. The number of amides is 2. The zero-order valence-electron chi connectivity index (χ0n) is 20.7. The van der Waals surface area contributed by atoms with Gasteiger partial charge in [0.2, 0.25) is 5.91 Å². The van der Waals surface area contributed by atoms with E-state index >= 15 is 0 Å². The highest BCUT2D eigenvalue weighted by molar-refractivity contribution is 6.31. The lowest BCUT2D eigenvalue weighted by Gasteiger charge is -2.19. The second-order valence-corrected chi connectivity index (χ2v) is 9.95. The molecule has 5 rings (SSSR count). The van der Waals surface area contributed by atoms with E-state index in [9.17, 15) is 18.4 Å². The Bertz CT molecular complexity index is 1330. The largest absolute Gasteiger partial charge is 0.434 e. The lowest BCUT2D eigenvalue weighted by atomic mass is 10.0. The smallest absolute Gasteiger partial charge is 0.387 e. The number of H-pyrrole nitrogens is 1. The number of fused-ring (bicyclic) bond motifs is 1. The summed E-state index contributed by atoms with van der Waals surface area (Å²) in [4.78, 5) is 30.3. The topological polar surface area (TPSA) is 120 Å². The second-order valence-electron chi connectivity index (χ2n) is 9.51. The Balaban J connectivity index is 1.45. The van der Waals surface area contributed by atoms with Crippen LogP contribution in [0.1, 0.15) is 10.4 Å². The molecule has 0 unspecified atom stereocenters. The maximum Gasteiger partial charge on any atom is 0.387 e. The number of alkyl halides is 2. The number of aromatic nitrogens is 4. The Labute approximate surface area is 222 Å². The normalized spacial score (nSPS) is 19.2. The van der Waals surface area contributed by atoms with E-state index in [1.807, 2.05) is 4.90 Å². The Morgan fingerprint density at radius 2 is 1.97 bits per heavy atom. The summed E-state index contributed by atoms with van der Waals surface area (Å²) < 4.78 is 32.4. The summed E-state index contributed by atoms with van der Waals surface area (Å²) in [6.45, 7) is 0.104. The van der Waals surface area contributed by atoms with Gasteiger partial charge in [-0.25, -0.2) is 0 Å². The van der Waals surface area contributed by atoms with Crippen molar-refractivity contribution in [3.63, 3.8) is 0 Å². The third-order valence-corrected chi connectivity index (χ3v) is 7.11. The number of halogens is 3. The zero-order valence-corrected chi connectivity index (χ0v) is 21.5. The van der Waals surface area contributed by atoms with E-state index in [2.05, 4.69) is 42.6 Å². The number of aromatic amines is 1. The van der Waals surface area contributed by atoms with Gasteiger partial charge in [-0.3, -0.25) is 19.4 Å². The number of nitrogens with one attached hydrogen (secondary N) is 3. The molecule has 2 amide bonds. The van der Waals surface area contributed by atoms with Gasteiger partial charge in [-0.2, -0.15) is 19.0 Å². The minimum atomic E-state index is -3.09. The number of hydrogen-bond acceptors (Lipinski definition) is 7. The number of hydrogen-bond donors (Lipinski definition) is 3. The predicted octanol–water partition coefficient (Wildman–Crippen LogP) is 2.84. The minimum Gasteiger partial charge on any atom is -0.434 e. The molecule has 3 aromatic rings. The van der Waals surface area contributed by atoms with Gasteiger partial charge in [0.25, 0.3) is 5.91 Å². The first kappa shape index (κ1) is 25.9. The van der Waals surface area contributed by atoms with Crippen LogP contribution in [-0.4, -0.2) is 88.5 Å². The van der Waals surface area contributed by atoms with Crippen molar-refractivity contribution in [2.24, 2.45) is 11.8 Å². The van der Waals surface area contributed by atoms with Crippen LogP contribution in [0.4, 0.5) is 20.3 Å². The first-order chi connectivity index (χ1) is 18.2. The number of benzene rings is 1. The zero-order chi connectivity index (χ0) is 27.0. The average molecular weight is 549 g/mol. The van der Waals surface area contributed by atoms with Crippen LogP contribution in [0.3, 0.4) is 0 Å². The lowest BCUT2D eigenvalue weighted by Crippen LogP contribution is -2.34. The SMILES string of the molecule is CNc1[nH]ncc1C(=O)Nc1cn(CC(=O)N2C[C@H]3CN(C)C[C@H]3C2)nc1-c1cc(Cl)ccc1OC(F)F. The van der Waals surface area contributed by atoms with Gasteiger partial charge in [0.1, 0.15) is 29.4 Å². The molecule has 202 valence electrons. The summed E-state index contributed by atoms with van der Waals surface area (Å²) in [5, 5.41) is 16.9. The Morgan fingerprint density at radius 3 is 2.66 bits per heavy atom. The van der Waals surface area contributed by atoms with Crippen LogP contribution in [0.2, 0.25) is 5.02 Å². The molecule has 0 saturated carbocycles. The van der Waals surface area contributed by atoms with E-state index in [0.29, 0.717) is 30.7 Å². The van der Waals surface area contributed by atoms with E-state index in [1.54, 1.807) is 7.05 Å². The highest BCUT2D eigenvalue weighted by Gasteiger charge is 2.40. The molecule has 11 nitrogen and oxygen atoms in total. The molecule has 3 N–H and O–H groups in total. The molecule has 2 aromatic heterocycles. The highest BCUT2D eigenvalue weighted by Crippen LogP contribution is 2.37. The molecule has 14 heteroatoms. The molecule has 2 aliphatic rings. The first-order valence-corrected chi connectivity index (χ1v) is 12.4. The fourth-order valence-electron chi connectivity index (χ4n) is 5.19. The second kappa shape index (κ2) is 10.6. The van der Waals surface area contributed by atoms with Crippen LogP contribution < -0.4 is 15.4 Å². The number of nitrogens with zero attached hydrogens (tertiary/aromatic N) is 5. The van der Waals surface area contributed by atoms with Crippen LogP contribution in [0, 0.1) is 11.8 Å². The number of likely N-dealkylation sites (tertiary alicyclic amines) is 2. The van der Waals surface area contributed by atoms with Crippen LogP contribution in [0.15, 0.2) is 30.6 Å². The monoisotopic (exact) mass is 548 g/mol. The van der Waals surface area contributed by atoms with Gasteiger partial charge in [-0.15, -0.1) is 0 Å². The maximum absolute atomic E-state index is 13.1. The van der Waals surface area contributed by atoms with Crippen molar-refractivity contribution in [3.8, 4) is 17.0 Å². The third-order valence-electron chi connectivity index (χ3n) is 6.88. The van der Waals surface area contributed by atoms with E-state index < -0.39 is 12.5 Å². The molecular weight excluding hydrogens is 522 g/mol. The van der Waals surface area contributed by atoms with Crippen molar-refractivity contribution >= 4 is 34.9 Å². The maximum atomic E-state index is 13.1. The number of rotatable bonds is 8. The van der Waals surface area contributed by atoms with Gasteiger partial charge in [-0.1, -0.05) is 11.6 Å². The van der Waals surface area contributed by atoms with Crippen molar-refractivity contribution in [3.05, 3.63) is 41.2 Å². The van der Waals surface area contributed by atoms with Crippen molar-refractivity contribution in [1.29, 1.82) is 0 Å².